The van der Waals surface area contributed by atoms with Gasteiger partial charge >= 0.3 is 0 Å². The first kappa shape index (κ1) is 23.0. The molecule has 0 fully saturated rings. The quantitative estimate of drug-likeness (QED) is 0.301. The molecule has 36 heavy (non-hydrogen) atoms. The average Bonchev–Trinajstić information content (AvgIpc) is 3.41. The lowest BCUT2D eigenvalue weighted by Crippen LogP contribution is -2.24. The zero-order valence-electron chi connectivity index (χ0n) is 20.0. The van der Waals surface area contributed by atoms with E-state index in [-0.39, 0.29) is 29.3 Å². The van der Waals surface area contributed by atoms with E-state index in [1.54, 1.807) is 56.8 Å². The van der Waals surface area contributed by atoms with Crippen LogP contribution < -0.4 is 0 Å². The van der Waals surface area contributed by atoms with E-state index in [9.17, 15) is 9.59 Å². The van der Waals surface area contributed by atoms with Crippen molar-refractivity contribution in [1.82, 2.24) is 24.4 Å². The van der Waals surface area contributed by atoms with Crippen molar-refractivity contribution in [3.8, 4) is 12.3 Å². The molecule has 0 spiro atoms. The summed E-state index contributed by atoms with van der Waals surface area (Å²) in [5, 5.41) is 0.466. The van der Waals surface area contributed by atoms with Gasteiger partial charge in [-0.05, 0) is 31.2 Å². The van der Waals surface area contributed by atoms with Gasteiger partial charge in [-0.1, -0.05) is 24.1 Å². The summed E-state index contributed by atoms with van der Waals surface area (Å²) in [4.78, 5) is 39.6. The van der Waals surface area contributed by atoms with E-state index in [4.69, 9.17) is 6.42 Å². The Labute approximate surface area is 206 Å². The van der Waals surface area contributed by atoms with Gasteiger partial charge in [0, 0.05) is 47.9 Å². The normalized spacial score (nSPS) is 11.1. The molecule has 0 radical (unpaired) electrons. The lowest BCUT2D eigenvalue weighted by Gasteiger charge is -2.12. The number of nitrogens with one attached hydrogen (secondary N) is 1. The third-order valence-electron chi connectivity index (χ3n) is 6.21. The highest BCUT2D eigenvalue weighted by Gasteiger charge is 2.27. The molecule has 0 unspecified atom stereocenters. The highest BCUT2D eigenvalue weighted by Crippen LogP contribution is 2.29. The number of carbonyl (C=O) groups excluding carboxylic acids is 2. The summed E-state index contributed by atoms with van der Waals surface area (Å²) in [6, 6.07) is 11.4. The van der Waals surface area contributed by atoms with Gasteiger partial charge < -0.3 is 14.5 Å². The molecule has 7 nitrogen and oxygen atoms in total. The zero-order valence-corrected chi connectivity index (χ0v) is 20.0. The van der Waals surface area contributed by atoms with Crippen molar-refractivity contribution in [3.05, 3.63) is 94.4 Å². The number of aromatic amines is 1. The monoisotopic (exact) mass is 479 g/mol. The molecule has 1 N–H and O–H groups in total. The maximum Gasteiger partial charge on any atom is 0.270 e. The van der Waals surface area contributed by atoms with Crippen molar-refractivity contribution in [2.24, 2.45) is 0 Å². The number of aryl methyl sites for hydroxylation is 1. The number of nitrogens with zero attached hydrogens (tertiary/aromatic N) is 4. The lowest BCUT2D eigenvalue weighted by molar-refractivity contribution is 0.0817. The number of aromatic nitrogens is 4. The molecule has 3 heterocycles. The maximum absolute atomic E-state index is 15.3. The average molecular weight is 480 g/mol. The van der Waals surface area contributed by atoms with Crippen molar-refractivity contribution in [1.29, 1.82) is 0 Å². The number of benzene rings is 2. The van der Waals surface area contributed by atoms with Crippen LogP contribution in [0.4, 0.5) is 4.39 Å². The minimum Gasteiger partial charge on any atom is -0.350 e. The smallest absolute Gasteiger partial charge is 0.270 e. The van der Waals surface area contributed by atoms with Crippen molar-refractivity contribution in [2.45, 2.75) is 13.5 Å². The molecule has 0 aliphatic carbocycles. The second kappa shape index (κ2) is 8.78. The molecule has 0 aliphatic heterocycles. The molecular weight excluding hydrogens is 457 g/mol. The molecule has 5 rings (SSSR count). The molecule has 8 heteroatoms. The van der Waals surface area contributed by atoms with Crippen LogP contribution in [0, 0.1) is 25.1 Å². The molecule has 178 valence electrons. The van der Waals surface area contributed by atoms with Crippen LogP contribution in [0.5, 0.6) is 0 Å². The molecule has 5 aromatic rings. The Morgan fingerprint density at radius 1 is 1.19 bits per heavy atom. The fourth-order valence-corrected chi connectivity index (χ4v) is 4.41. The number of H-pyrrole nitrogens is 1. The maximum atomic E-state index is 15.3. The Bertz CT molecular complexity index is 1720. The molecule has 3 aromatic heterocycles. The van der Waals surface area contributed by atoms with Crippen molar-refractivity contribution in [3.63, 3.8) is 0 Å². The van der Waals surface area contributed by atoms with Crippen molar-refractivity contribution >= 4 is 33.6 Å². The summed E-state index contributed by atoms with van der Waals surface area (Å²) in [6.45, 7) is 2.09. The molecule has 0 saturated heterocycles. The number of fused-ring (bicyclic) bond motifs is 2. The number of hydrogen-bond acceptors (Lipinski definition) is 4. The van der Waals surface area contributed by atoms with Crippen LogP contribution in [0.3, 0.4) is 0 Å². The van der Waals surface area contributed by atoms with E-state index in [2.05, 4.69) is 20.9 Å². The van der Waals surface area contributed by atoms with Crippen molar-refractivity contribution in [2.75, 3.05) is 14.1 Å². The lowest BCUT2D eigenvalue weighted by atomic mass is 9.96. The van der Waals surface area contributed by atoms with Crippen molar-refractivity contribution < 1.29 is 14.0 Å². The number of terminal acetylenes is 1. The van der Waals surface area contributed by atoms with Gasteiger partial charge in [-0.15, -0.1) is 6.42 Å². The van der Waals surface area contributed by atoms with E-state index >= 15 is 4.39 Å². The summed E-state index contributed by atoms with van der Waals surface area (Å²) in [5.41, 5.74) is 3.37. The first-order valence-corrected chi connectivity index (χ1v) is 11.2. The van der Waals surface area contributed by atoms with Crippen LogP contribution in [0.1, 0.15) is 43.4 Å². The van der Waals surface area contributed by atoms with Gasteiger partial charge in [0.25, 0.3) is 5.91 Å². The number of carbonyl (C=O) groups is 2. The van der Waals surface area contributed by atoms with Crippen LogP contribution >= 0.6 is 0 Å². The number of ketones is 1. The van der Waals surface area contributed by atoms with Crippen LogP contribution in [0.2, 0.25) is 0 Å². The second-order valence-electron chi connectivity index (χ2n) is 8.69. The van der Waals surface area contributed by atoms with E-state index in [1.807, 2.05) is 17.6 Å². The van der Waals surface area contributed by atoms with Gasteiger partial charge in [-0.25, -0.2) is 9.37 Å². The van der Waals surface area contributed by atoms with Gasteiger partial charge in [0.2, 0.25) is 0 Å². The number of amides is 1. The first-order chi connectivity index (χ1) is 17.3. The van der Waals surface area contributed by atoms with E-state index < -0.39 is 11.6 Å². The Kier molecular flexibility index (Phi) is 5.61. The fourth-order valence-electron chi connectivity index (χ4n) is 4.41. The number of rotatable bonds is 5. The summed E-state index contributed by atoms with van der Waals surface area (Å²) in [6.07, 6.45) is 9.01. The van der Waals surface area contributed by atoms with Gasteiger partial charge in [-0.3, -0.25) is 14.6 Å². The van der Waals surface area contributed by atoms with Gasteiger partial charge in [0.1, 0.15) is 22.9 Å². The minimum absolute atomic E-state index is 0.112. The van der Waals surface area contributed by atoms with Gasteiger partial charge in [0.15, 0.2) is 5.78 Å². The summed E-state index contributed by atoms with van der Waals surface area (Å²) in [5.74, 6) is 1.90. The minimum atomic E-state index is -0.534. The Hall–Kier alpha value is -4.77. The van der Waals surface area contributed by atoms with Gasteiger partial charge in [0.05, 0.1) is 23.8 Å². The third kappa shape index (κ3) is 3.71. The largest absolute Gasteiger partial charge is 0.350 e. The molecule has 1 amide bonds. The third-order valence-corrected chi connectivity index (χ3v) is 6.21. The standard InChI is InChI=1S/C28H22FN5O2/c1-5-17-7-6-8-21-24(17)25(26(32-21)28(36)33(3)4)27(35)18-9-10-19(20(29)13-18)15-34-16(2)31-22-14-30-12-11-23(22)34/h1,6-14,32H,15H2,2-4H3. The highest BCUT2D eigenvalue weighted by molar-refractivity contribution is 6.22. The van der Waals surface area contributed by atoms with E-state index in [1.165, 1.54) is 11.0 Å². The number of imidazole rings is 1. The predicted octanol–water partition coefficient (Wildman–Crippen LogP) is 4.32. The number of halogens is 1. The Balaban J connectivity index is 1.58. The molecule has 0 aliphatic rings. The predicted molar refractivity (Wildman–Crippen MR) is 135 cm³/mol. The van der Waals surface area contributed by atoms with Crippen LogP contribution in [-0.2, 0) is 6.54 Å². The molecule has 0 bridgehead atoms. The van der Waals surface area contributed by atoms with E-state index in [0.29, 0.717) is 22.0 Å². The first-order valence-electron chi connectivity index (χ1n) is 11.2. The van der Waals surface area contributed by atoms with Crippen LogP contribution in [0.25, 0.3) is 21.9 Å². The van der Waals surface area contributed by atoms with Gasteiger partial charge in [-0.2, -0.15) is 0 Å². The summed E-state index contributed by atoms with van der Waals surface area (Å²) < 4.78 is 17.2. The molecule has 0 atom stereocenters. The molecule has 2 aromatic carbocycles. The zero-order chi connectivity index (χ0) is 25.6. The van der Waals surface area contributed by atoms with Crippen LogP contribution in [0.15, 0.2) is 54.9 Å². The molecule has 0 saturated carbocycles. The topological polar surface area (TPSA) is 83.9 Å². The van der Waals surface area contributed by atoms with Crippen LogP contribution in [-0.4, -0.2) is 50.2 Å². The Morgan fingerprint density at radius 3 is 2.72 bits per heavy atom. The summed E-state index contributed by atoms with van der Waals surface area (Å²) >= 11 is 0. The van der Waals surface area contributed by atoms with E-state index in [0.717, 1.165) is 16.9 Å². The number of hydrogen-bond donors (Lipinski definition) is 1. The highest BCUT2D eigenvalue weighted by atomic mass is 19.1. The fraction of sp³-hybridized carbons (Fsp3) is 0.143. The number of pyridine rings is 1. The SMILES string of the molecule is C#Cc1cccc2[nH]c(C(=O)N(C)C)c(C(=O)c3ccc(Cn4c(C)nc5cnccc54)c(F)c3)c12. The molecular formula is C28H22FN5O2. The Morgan fingerprint density at radius 2 is 2.00 bits per heavy atom. The summed E-state index contributed by atoms with van der Waals surface area (Å²) in [7, 11) is 3.19. The second-order valence-corrected chi connectivity index (χ2v) is 8.69.